The second-order valence-corrected chi connectivity index (χ2v) is 10.6. The van der Waals surface area contributed by atoms with Gasteiger partial charge in [-0.25, -0.2) is 8.42 Å². The van der Waals surface area contributed by atoms with E-state index in [1.165, 1.54) is 30.0 Å². The standard InChI is InChI=1S/C22H26Cl2N4O6S/c1-5-25-22(30)15(3)26(12-16-7-8-17(23)10-19(16)24)21(29)13-27(35(4,33)34)20-11-18(28(31)32)9-6-14(20)2/h6-11,15H,5,12-13H2,1-4H3,(H,25,30). The molecule has 0 aliphatic heterocycles. The Kier molecular flexibility index (Phi) is 9.47. The van der Waals surface area contributed by atoms with Crippen molar-refractivity contribution in [2.24, 2.45) is 0 Å². The molecule has 1 N–H and O–H groups in total. The van der Waals surface area contributed by atoms with Crippen LogP contribution in [0.25, 0.3) is 0 Å². The van der Waals surface area contributed by atoms with E-state index >= 15 is 0 Å². The lowest BCUT2D eigenvalue weighted by molar-refractivity contribution is -0.384. The van der Waals surface area contributed by atoms with Crippen LogP contribution < -0.4 is 9.62 Å². The smallest absolute Gasteiger partial charge is 0.271 e. The number of hydrogen-bond donors (Lipinski definition) is 1. The second kappa shape index (κ2) is 11.7. The van der Waals surface area contributed by atoms with Crippen LogP contribution in [-0.2, 0) is 26.2 Å². The van der Waals surface area contributed by atoms with Crippen molar-refractivity contribution in [3.05, 3.63) is 67.7 Å². The molecule has 0 spiro atoms. The third-order valence-electron chi connectivity index (χ3n) is 5.23. The van der Waals surface area contributed by atoms with E-state index in [2.05, 4.69) is 5.32 Å². The molecule has 2 rings (SSSR count). The summed E-state index contributed by atoms with van der Waals surface area (Å²) in [5.41, 5.74) is 0.577. The number of halogens is 2. The van der Waals surface area contributed by atoms with Gasteiger partial charge in [-0.2, -0.15) is 0 Å². The average molecular weight is 545 g/mol. The van der Waals surface area contributed by atoms with Gasteiger partial charge in [0, 0.05) is 35.3 Å². The molecule has 13 heteroatoms. The number of carbonyl (C=O) groups excluding carboxylic acids is 2. The second-order valence-electron chi connectivity index (χ2n) is 7.83. The molecular formula is C22H26Cl2N4O6S. The Hall–Kier alpha value is -2.89. The van der Waals surface area contributed by atoms with Crippen LogP contribution in [0.5, 0.6) is 0 Å². The van der Waals surface area contributed by atoms with Crippen molar-refractivity contribution in [3.63, 3.8) is 0 Å². The van der Waals surface area contributed by atoms with Crippen molar-refractivity contribution in [1.29, 1.82) is 0 Å². The van der Waals surface area contributed by atoms with Gasteiger partial charge in [-0.3, -0.25) is 24.0 Å². The van der Waals surface area contributed by atoms with Crippen molar-refractivity contribution in [2.45, 2.75) is 33.4 Å². The highest BCUT2D eigenvalue weighted by atomic mass is 35.5. The first-order chi connectivity index (χ1) is 16.3. The fraction of sp³-hybridized carbons (Fsp3) is 0.364. The number of non-ortho nitro benzene ring substituents is 1. The molecule has 2 aromatic rings. The van der Waals surface area contributed by atoms with Crippen LogP contribution in [0.2, 0.25) is 10.0 Å². The maximum Gasteiger partial charge on any atom is 0.271 e. The first kappa shape index (κ1) is 28.3. The molecular weight excluding hydrogens is 519 g/mol. The molecule has 0 aliphatic carbocycles. The monoisotopic (exact) mass is 544 g/mol. The topological polar surface area (TPSA) is 130 Å². The van der Waals surface area contributed by atoms with Crippen molar-refractivity contribution < 1.29 is 22.9 Å². The Bertz CT molecular complexity index is 1240. The summed E-state index contributed by atoms with van der Waals surface area (Å²) in [6.45, 7) is 4.35. The zero-order valence-corrected chi connectivity index (χ0v) is 21.9. The summed E-state index contributed by atoms with van der Waals surface area (Å²) >= 11 is 12.2. The van der Waals surface area contributed by atoms with Crippen LogP contribution in [0.15, 0.2) is 36.4 Å². The number of anilines is 1. The molecule has 10 nitrogen and oxygen atoms in total. The third kappa shape index (κ3) is 7.30. The summed E-state index contributed by atoms with van der Waals surface area (Å²) in [5, 5.41) is 14.5. The highest BCUT2D eigenvalue weighted by Gasteiger charge is 2.31. The molecule has 0 saturated carbocycles. The minimum atomic E-state index is -4.04. The summed E-state index contributed by atoms with van der Waals surface area (Å²) in [7, 11) is -4.04. The highest BCUT2D eigenvalue weighted by molar-refractivity contribution is 7.92. The Morgan fingerprint density at radius 1 is 1.17 bits per heavy atom. The van der Waals surface area contributed by atoms with Gasteiger partial charge in [-0.1, -0.05) is 35.3 Å². The molecule has 2 aromatic carbocycles. The van der Waals surface area contributed by atoms with Crippen molar-refractivity contribution >= 4 is 56.4 Å². The molecule has 0 aromatic heterocycles. The highest BCUT2D eigenvalue weighted by Crippen LogP contribution is 2.28. The normalized spacial score (nSPS) is 12.1. The van der Waals surface area contributed by atoms with E-state index in [0.29, 0.717) is 22.7 Å². The van der Waals surface area contributed by atoms with Gasteiger partial charge in [0.1, 0.15) is 12.6 Å². The molecule has 0 saturated heterocycles. The molecule has 35 heavy (non-hydrogen) atoms. The third-order valence-corrected chi connectivity index (χ3v) is 6.94. The molecule has 2 amide bonds. The predicted octanol–water partition coefficient (Wildman–Crippen LogP) is 3.53. The molecule has 190 valence electrons. The van der Waals surface area contributed by atoms with E-state index in [9.17, 15) is 28.1 Å². The van der Waals surface area contributed by atoms with Crippen LogP contribution in [0, 0.1) is 17.0 Å². The zero-order valence-electron chi connectivity index (χ0n) is 19.6. The van der Waals surface area contributed by atoms with E-state index < -0.39 is 39.3 Å². The molecule has 1 unspecified atom stereocenters. The maximum atomic E-state index is 13.5. The average Bonchev–Trinajstić information content (AvgIpc) is 2.76. The van der Waals surface area contributed by atoms with E-state index in [1.807, 2.05) is 0 Å². The van der Waals surface area contributed by atoms with Gasteiger partial charge in [0.05, 0.1) is 16.9 Å². The molecule has 0 fully saturated rings. The van der Waals surface area contributed by atoms with Crippen LogP contribution >= 0.6 is 23.2 Å². The molecule has 0 bridgehead atoms. The predicted molar refractivity (Wildman–Crippen MR) is 135 cm³/mol. The van der Waals surface area contributed by atoms with Gasteiger partial charge in [0.15, 0.2) is 0 Å². The number of aryl methyl sites for hydroxylation is 1. The lowest BCUT2D eigenvalue weighted by Gasteiger charge is -2.32. The number of nitrogens with zero attached hydrogens (tertiary/aromatic N) is 3. The summed E-state index contributed by atoms with van der Waals surface area (Å²) < 4.78 is 26.1. The number of nitrogens with one attached hydrogen (secondary N) is 1. The van der Waals surface area contributed by atoms with E-state index in [4.69, 9.17) is 23.2 Å². The fourth-order valence-corrected chi connectivity index (χ4v) is 4.68. The molecule has 0 radical (unpaired) electrons. The van der Waals surface area contributed by atoms with Crippen LogP contribution in [0.3, 0.4) is 0 Å². The largest absolute Gasteiger partial charge is 0.355 e. The zero-order chi connectivity index (χ0) is 26.5. The first-order valence-corrected chi connectivity index (χ1v) is 13.1. The quantitative estimate of drug-likeness (QED) is 0.359. The lowest BCUT2D eigenvalue weighted by Crippen LogP contribution is -2.51. The van der Waals surface area contributed by atoms with Crippen LogP contribution in [0.1, 0.15) is 25.0 Å². The number of sulfonamides is 1. The molecule has 0 aliphatic rings. The summed E-state index contributed by atoms with van der Waals surface area (Å²) in [6, 6.07) is 7.45. The Balaban J connectivity index is 2.51. The van der Waals surface area contributed by atoms with E-state index in [1.54, 1.807) is 26.0 Å². The number of carbonyl (C=O) groups is 2. The van der Waals surface area contributed by atoms with Gasteiger partial charge in [-0.05, 0) is 44.0 Å². The molecule has 0 heterocycles. The summed E-state index contributed by atoms with van der Waals surface area (Å²) in [5.74, 6) is -1.14. The lowest BCUT2D eigenvalue weighted by atomic mass is 10.1. The first-order valence-electron chi connectivity index (χ1n) is 10.5. The Labute approximate surface area is 214 Å². The number of rotatable bonds is 10. The van der Waals surface area contributed by atoms with Crippen molar-refractivity contribution in [1.82, 2.24) is 10.2 Å². The van der Waals surface area contributed by atoms with Gasteiger partial charge in [-0.15, -0.1) is 0 Å². The van der Waals surface area contributed by atoms with E-state index in [0.717, 1.165) is 16.6 Å². The Morgan fingerprint density at radius 3 is 2.37 bits per heavy atom. The summed E-state index contributed by atoms with van der Waals surface area (Å²) in [4.78, 5) is 37.8. The SMILES string of the molecule is CCNC(=O)C(C)N(Cc1ccc(Cl)cc1Cl)C(=O)CN(c1cc([N+](=O)[O-])ccc1C)S(C)(=O)=O. The number of benzene rings is 2. The van der Waals surface area contributed by atoms with Gasteiger partial charge in [0.25, 0.3) is 5.69 Å². The van der Waals surface area contributed by atoms with Gasteiger partial charge >= 0.3 is 0 Å². The van der Waals surface area contributed by atoms with Crippen molar-refractivity contribution in [3.8, 4) is 0 Å². The number of nitro groups is 1. The van der Waals surface area contributed by atoms with Crippen LogP contribution in [0.4, 0.5) is 11.4 Å². The minimum Gasteiger partial charge on any atom is -0.355 e. The number of likely N-dealkylation sites (N-methyl/N-ethyl adjacent to an activating group) is 1. The van der Waals surface area contributed by atoms with Gasteiger partial charge < -0.3 is 10.2 Å². The van der Waals surface area contributed by atoms with Gasteiger partial charge in [0.2, 0.25) is 21.8 Å². The summed E-state index contributed by atoms with van der Waals surface area (Å²) in [6.07, 6.45) is 0.895. The molecule has 1 atom stereocenters. The fourth-order valence-electron chi connectivity index (χ4n) is 3.31. The minimum absolute atomic E-state index is 0.00909. The Morgan fingerprint density at radius 2 is 1.83 bits per heavy atom. The number of nitro benzene ring substituents is 1. The number of hydrogen-bond acceptors (Lipinski definition) is 6. The van der Waals surface area contributed by atoms with Crippen molar-refractivity contribution in [2.75, 3.05) is 23.7 Å². The van der Waals surface area contributed by atoms with E-state index in [-0.39, 0.29) is 22.9 Å². The number of amides is 2. The maximum absolute atomic E-state index is 13.5. The van der Waals surface area contributed by atoms with Crippen LogP contribution in [-0.4, -0.2) is 55.4 Å².